The Morgan fingerprint density at radius 3 is 2.30 bits per heavy atom. The normalized spacial score (nSPS) is 12.5. The number of aromatic nitrogens is 2. The van der Waals surface area contributed by atoms with E-state index in [2.05, 4.69) is 15.1 Å². The number of benzene rings is 1. The zero-order chi connectivity index (χ0) is 14.8. The predicted molar refractivity (Wildman–Crippen MR) is 86.4 cm³/mol. The van der Waals surface area contributed by atoms with Crippen LogP contribution in [0.15, 0.2) is 24.3 Å². The van der Waals surface area contributed by atoms with Gasteiger partial charge >= 0.3 is 0 Å². The fraction of sp³-hybridized carbons (Fsp3) is 0.462. The van der Waals surface area contributed by atoms with Gasteiger partial charge in [-0.05, 0) is 51.6 Å². The van der Waals surface area contributed by atoms with Gasteiger partial charge in [0.05, 0.1) is 23.2 Å². The van der Waals surface area contributed by atoms with Crippen molar-refractivity contribution in [3.8, 4) is 0 Å². The molecule has 1 heterocycles. The summed E-state index contributed by atoms with van der Waals surface area (Å²) in [6.45, 7) is 5.12. The van der Waals surface area contributed by atoms with Crippen molar-refractivity contribution in [1.29, 1.82) is 0 Å². The van der Waals surface area contributed by atoms with Gasteiger partial charge in [0.15, 0.2) is 0 Å². The molecule has 0 saturated carbocycles. The van der Waals surface area contributed by atoms with Crippen molar-refractivity contribution in [2.24, 2.45) is 0 Å². The van der Waals surface area contributed by atoms with Gasteiger partial charge in [0.25, 0.3) is 6.64 Å². The summed E-state index contributed by atoms with van der Waals surface area (Å²) < 4.78 is 11.6. The lowest BCUT2D eigenvalue weighted by Crippen LogP contribution is -2.13. The predicted octanol–water partition coefficient (Wildman–Crippen LogP) is 4.05. The van der Waals surface area contributed by atoms with Crippen molar-refractivity contribution in [3.63, 3.8) is 0 Å². The maximum absolute atomic E-state index is 5.78. The number of aromatic amines is 1. The summed E-state index contributed by atoms with van der Waals surface area (Å²) in [5, 5.41) is 3.12. The first-order chi connectivity index (χ1) is 9.38. The van der Waals surface area contributed by atoms with E-state index in [-0.39, 0.29) is 12.2 Å². The first-order valence-electron chi connectivity index (χ1n) is 6.58. The van der Waals surface area contributed by atoms with Gasteiger partial charge in [-0.1, -0.05) is 12.1 Å². The van der Waals surface area contributed by atoms with Crippen LogP contribution in [0, 0.1) is 0 Å². The fourth-order valence-electron chi connectivity index (χ4n) is 1.77. The van der Waals surface area contributed by atoms with Gasteiger partial charge in [0, 0.05) is 0 Å². The topological polar surface area (TPSA) is 59.2 Å². The molecule has 0 unspecified atom stereocenters. The minimum absolute atomic E-state index is 0.0172. The highest BCUT2D eigenvalue weighted by molar-refractivity contribution is 8.10. The van der Waals surface area contributed by atoms with Crippen molar-refractivity contribution >= 4 is 35.4 Å². The highest BCUT2D eigenvalue weighted by Gasteiger charge is 2.24. The third-order valence-corrected chi connectivity index (χ3v) is 5.01. The number of fused-ring (bicyclic) bond motifs is 1. The lowest BCUT2D eigenvalue weighted by atomic mass is 10.3. The van der Waals surface area contributed by atoms with E-state index >= 15 is 0 Å². The third kappa shape index (κ3) is 4.03. The van der Waals surface area contributed by atoms with Gasteiger partial charge in [-0.2, -0.15) is 0 Å². The molecule has 0 saturated heterocycles. The molecule has 2 N–H and O–H groups in total. The van der Waals surface area contributed by atoms with Gasteiger partial charge in [0.1, 0.15) is 0 Å². The van der Waals surface area contributed by atoms with Crippen LogP contribution in [0.4, 0.5) is 5.95 Å². The van der Waals surface area contributed by atoms with Crippen LogP contribution < -0.4 is 5.09 Å². The van der Waals surface area contributed by atoms with Crippen LogP contribution in [-0.2, 0) is 20.9 Å². The smallest absolute Gasteiger partial charge is 0.290 e. The Morgan fingerprint density at radius 1 is 1.15 bits per heavy atom. The van der Waals surface area contributed by atoms with Crippen LogP contribution in [0.2, 0.25) is 0 Å². The van der Waals surface area contributed by atoms with E-state index < -0.39 is 6.64 Å². The lowest BCUT2D eigenvalue weighted by molar-refractivity contribution is 0.178. The zero-order valence-corrected chi connectivity index (χ0v) is 13.8. The summed E-state index contributed by atoms with van der Waals surface area (Å²) in [5.74, 6) is 0.579. The van der Waals surface area contributed by atoms with Crippen molar-refractivity contribution in [2.45, 2.75) is 39.9 Å². The van der Waals surface area contributed by atoms with Crippen LogP contribution in [0.3, 0.4) is 0 Å². The SMILES string of the molecule is CC(C)OP(=S)(Nc1nc2ccccc2[nH]1)OC(C)C. The van der Waals surface area contributed by atoms with E-state index in [0.29, 0.717) is 5.95 Å². The average Bonchev–Trinajstić information content (AvgIpc) is 2.67. The quantitative estimate of drug-likeness (QED) is 0.788. The van der Waals surface area contributed by atoms with Crippen LogP contribution in [0.5, 0.6) is 0 Å². The Hall–Kier alpha value is -0.940. The summed E-state index contributed by atoms with van der Waals surface area (Å²) >= 11 is 5.54. The molecule has 0 bridgehead atoms. The van der Waals surface area contributed by atoms with E-state index in [4.69, 9.17) is 20.9 Å². The summed E-state index contributed by atoms with van der Waals surface area (Å²) in [4.78, 5) is 7.62. The Balaban J connectivity index is 2.24. The molecular formula is C13H20N3O2PS. The molecule has 0 amide bonds. The molecule has 0 spiro atoms. The van der Waals surface area contributed by atoms with E-state index in [0.717, 1.165) is 11.0 Å². The molecular weight excluding hydrogens is 293 g/mol. The first-order valence-corrected chi connectivity index (χ1v) is 9.21. The fourth-order valence-corrected chi connectivity index (χ4v) is 4.69. The van der Waals surface area contributed by atoms with Crippen LogP contribution >= 0.6 is 6.64 Å². The number of imidazole rings is 1. The van der Waals surface area contributed by atoms with Crippen LogP contribution in [-0.4, -0.2) is 22.2 Å². The van der Waals surface area contributed by atoms with E-state index in [1.807, 2.05) is 52.0 Å². The molecule has 0 aliphatic rings. The molecule has 0 radical (unpaired) electrons. The molecule has 2 aromatic rings. The van der Waals surface area contributed by atoms with E-state index in [1.165, 1.54) is 0 Å². The molecule has 0 aliphatic heterocycles. The van der Waals surface area contributed by atoms with Gasteiger partial charge in [-0.25, -0.2) is 4.98 Å². The Kier molecular flexibility index (Phi) is 4.81. The monoisotopic (exact) mass is 313 g/mol. The number of hydrogen-bond acceptors (Lipinski definition) is 4. The summed E-state index contributed by atoms with van der Waals surface area (Å²) in [6.07, 6.45) is -0.0343. The van der Waals surface area contributed by atoms with Gasteiger partial charge in [0.2, 0.25) is 5.95 Å². The average molecular weight is 313 g/mol. The lowest BCUT2D eigenvalue weighted by Gasteiger charge is -2.26. The molecule has 0 fully saturated rings. The Bertz CT molecular complexity index is 580. The minimum atomic E-state index is -2.62. The number of anilines is 1. The van der Waals surface area contributed by atoms with Gasteiger partial charge < -0.3 is 14.0 Å². The number of H-pyrrole nitrogens is 1. The molecule has 20 heavy (non-hydrogen) atoms. The van der Waals surface area contributed by atoms with Crippen molar-refractivity contribution in [2.75, 3.05) is 5.09 Å². The number of nitrogens with zero attached hydrogens (tertiary/aromatic N) is 1. The van der Waals surface area contributed by atoms with Crippen LogP contribution in [0.25, 0.3) is 11.0 Å². The molecule has 1 aromatic carbocycles. The summed E-state index contributed by atoms with van der Waals surface area (Å²) in [5.41, 5.74) is 1.83. The number of para-hydroxylation sites is 2. The molecule has 0 aliphatic carbocycles. The van der Waals surface area contributed by atoms with Crippen LogP contribution in [0.1, 0.15) is 27.7 Å². The highest BCUT2D eigenvalue weighted by Crippen LogP contribution is 2.50. The number of rotatable bonds is 6. The standard InChI is InChI=1S/C13H20N3O2PS/c1-9(2)17-19(20,18-10(3)4)16-13-14-11-7-5-6-8-12(11)15-13/h5-10H,1-4H3,(H2,14,15,16,20). The Labute approximate surface area is 124 Å². The number of nitrogens with one attached hydrogen (secondary N) is 2. The maximum atomic E-state index is 5.78. The molecule has 5 nitrogen and oxygen atoms in total. The Morgan fingerprint density at radius 2 is 1.75 bits per heavy atom. The molecule has 110 valence electrons. The molecule has 0 atom stereocenters. The molecule has 7 heteroatoms. The summed E-state index contributed by atoms with van der Waals surface area (Å²) in [6, 6.07) is 7.80. The zero-order valence-electron chi connectivity index (χ0n) is 12.1. The second-order valence-electron chi connectivity index (χ2n) is 5.02. The third-order valence-electron chi connectivity index (χ3n) is 2.33. The van der Waals surface area contributed by atoms with Gasteiger partial charge in [-0.15, -0.1) is 0 Å². The van der Waals surface area contributed by atoms with E-state index in [9.17, 15) is 0 Å². The maximum Gasteiger partial charge on any atom is 0.290 e. The largest absolute Gasteiger partial charge is 0.324 e. The van der Waals surface area contributed by atoms with Crippen molar-refractivity contribution < 1.29 is 9.05 Å². The first kappa shape index (κ1) is 15.4. The van der Waals surface area contributed by atoms with Crippen molar-refractivity contribution in [1.82, 2.24) is 9.97 Å². The summed E-state index contributed by atoms with van der Waals surface area (Å²) in [7, 11) is 0. The highest BCUT2D eigenvalue weighted by atomic mass is 32.5. The second-order valence-corrected chi connectivity index (χ2v) is 8.10. The number of hydrogen-bond donors (Lipinski definition) is 2. The van der Waals surface area contributed by atoms with Crippen molar-refractivity contribution in [3.05, 3.63) is 24.3 Å². The molecule has 1 aromatic heterocycles. The van der Waals surface area contributed by atoms with Gasteiger partial charge in [-0.3, -0.25) is 5.09 Å². The van der Waals surface area contributed by atoms with E-state index in [1.54, 1.807) is 0 Å². The minimum Gasteiger partial charge on any atom is -0.324 e. The second kappa shape index (κ2) is 6.22. The molecule has 2 rings (SSSR count).